The van der Waals surface area contributed by atoms with Crippen LogP contribution in [0.3, 0.4) is 0 Å². The fourth-order valence-electron chi connectivity index (χ4n) is 2.75. The van der Waals surface area contributed by atoms with Crippen molar-refractivity contribution in [2.75, 3.05) is 11.9 Å². The number of aromatic nitrogens is 3. The quantitative estimate of drug-likeness (QED) is 0.568. The lowest BCUT2D eigenvalue weighted by Gasteiger charge is -2.10. The average molecular weight is 407 g/mol. The molecule has 3 aromatic rings. The highest BCUT2D eigenvalue weighted by atomic mass is 16.5. The van der Waals surface area contributed by atoms with Gasteiger partial charge >= 0.3 is 0 Å². The van der Waals surface area contributed by atoms with Crippen molar-refractivity contribution < 1.29 is 14.3 Å². The van der Waals surface area contributed by atoms with Crippen molar-refractivity contribution in [3.05, 3.63) is 71.5 Å². The molecule has 0 radical (unpaired) electrons. The maximum atomic E-state index is 12.1. The SMILES string of the molecule is Cc1cccc(OCCC(=O)Nc2ncn(CC(=O)NCc3ccccc3)n2)c1C. The van der Waals surface area contributed by atoms with Crippen molar-refractivity contribution in [2.45, 2.75) is 33.4 Å². The van der Waals surface area contributed by atoms with Crippen LogP contribution in [0.5, 0.6) is 5.75 Å². The number of hydrogen-bond acceptors (Lipinski definition) is 5. The molecule has 1 aromatic heterocycles. The molecule has 0 aliphatic rings. The number of carbonyl (C=O) groups is 2. The molecule has 0 spiro atoms. The van der Waals surface area contributed by atoms with E-state index in [9.17, 15) is 9.59 Å². The number of benzene rings is 2. The van der Waals surface area contributed by atoms with E-state index in [1.807, 2.05) is 62.4 Å². The van der Waals surface area contributed by atoms with Crippen LogP contribution in [0, 0.1) is 13.8 Å². The van der Waals surface area contributed by atoms with Crippen molar-refractivity contribution in [1.29, 1.82) is 0 Å². The Morgan fingerprint density at radius 2 is 1.83 bits per heavy atom. The van der Waals surface area contributed by atoms with Crippen LogP contribution >= 0.6 is 0 Å². The summed E-state index contributed by atoms with van der Waals surface area (Å²) in [5, 5.41) is 9.54. The molecule has 30 heavy (non-hydrogen) atoms. The first-order valence-corrected chi connectivity index (χ1v) is 9.70. The van der Waals surface area contributed by atoms with E-state index in [4.69, 9.17) is 4.74 Å². The van der Waals surface area contributed by atoms with E-state index in [0.717, 1.165) is 22.4 Å². The summed E-state index contributed by atoms with van der Waals surface area (Å²) in [6.45, 7) is 4.71. The third kappa shape index (κ3) is 6.16. The number of rotatable bonds is 9. The Bertz CT molecular complexity index is 1000. The monoisotopic (exact) mass is 407 g/mol. The van der Waals surface area contributed by atoms with Gasteiger partial charge in [0.25, 0.3) is 0 Å². The van der Waals surface area contributed by atoms with Gasteiger partial charge in [0.15, 0.2) is 0 Å². The van der Waals surface area contributed by atoms with E-state index >= 15 is 0 Å². The lowest BCUT2D eigenvalue weighted by Crippen LogP contribution is -2.27. The summed E-state index contributed by atoms with van der Waals surface area (Å²) >= 11 is 0. The van der Waals surface area contributed by atoms with Crippen molar-refractivity contribution in [1.82, 2.24) is 20.1 Å². The molecule has 0 saturated carbocycles. The van der Waals surface area contributed by atoms with Crippen molar-refractivity contribution in [3.63, 3.8) is 0 Å². The summed E-state index contributed by atoms with van der Waals surface area (Å²) in [4.78, 5) is 28.1. The topological polar surface area (TPSA) is 98.1 Å². The Morgan fingerprint density at radius 1 is 1.03 bits per heavy atom. The van der Waals surface area contributed by atoms with Gasteiger partial charge in [-0.3, -0.25) is 14.9 Å². The third-order valence-corrected chi connectivity index (χ3v) is 4.57. The minimum Gasteiger partial charge on any atom is -0.493 e. The smallest absolute Gasteiger partial charge is 0.248 e. The predicted octanol–water partition coefficient (Wildman–Crippen LogP) is 2.62. The molecule has 8 heteroatoms. The van der Waals surface area contributed by atoms with Gasteiger partial charge in [0.2, 0.25) is 17.8 Å². The molecule has 0 atom stereocenters. The van der Waals surface area contributed by atoms with Crippen LogP contribution in [-0.2, 0) is 22.7 Å². The standard InChI is InChI=1S/C22H25N5O3/c1-16-7-6-10-19(17(16)2)30-12-11-20(28)25-22-24-15-27(26-22)14-21(29)23-13-18-8-4-3-5-9-18/h3-10,15H,11-14H2,1-2H3,(H,23,29)(H,25,26,28). The molecule has 0 aliphatic heterocycles. The summed E-state index contributed by atoms with van der Waals surface area (Å²) in [6, 6.07) is 15.4. The number of carbonyl (C=O) groups excluding carboxylic acids is 2. The molecule has 0 aliphatic carbocycles. The number of ether oxygens (including phenoxy) is 1. The fourth-order valence-corrected chi connectivity index (χ4v) is 2.75. The number of anilines is 1. The Labute approximate surface area is 175 Å². The van der Waals surface area contributed by atoms with Gasteiger partial charge in [0, 0.05) is 6.54 Å². The van der Waals surface area contributed by atoms with E-state index in [1.165, 1.54) is 11.0 Å². The summed E-state index contributed by atoms with van der Waals surface area (Å²) in [6.07, 6.45) is 1.57. The van der Waals surface area contributed by atoms with Crippen LogP contribution in [0.25, 0.3) is 0 Å². The molecular weight excluding hydrogens is 382 g/mol. The Kier molecular flexibility index (Phi) is 7.15. The highest BCUT2D eigenvalue weighted by molar-refractivity contribution is 5.88. The largest absolute Gasteiger partial charge is 0.493 e. The molecule has 0 saturated heterocycles. The minimum absolute atomic E-state index is 0.0193. The number of amides is 2. The van der Waals surface area contributed by atoms with Crippen LogP contribution < -0.4 is 15.4 Å². The zero-order valence-electron chi connectivity index (χ0n) is 17.1. The Morgan fingerprint density at radius 3 is 2.63 bits per heavy atom. The van der Waals surface area contributed by atoms with Gasteiger partial charge in [-0.2, -0.15) is 0 Å². The van der Waals surface area contributed by atoms with E-state index in [-0.39, 0.29) is 37.3 Å². The number of nitrogens with one attached hydrogen (secondary N) is 2. The van der Waals surface area contributed by atoms with Gasteiger partial charge in [-0.05, 0) is 36.6 Å². The van der Waals surface area contributed by atoms with Crippen LogP contribution in [0.4, 0.5) is 5.95 Å². The summed E-state index contributed by atoms with van der Waals surface area (Å²) in [5.74, 6) is 0.476. The molecule has 156 valence electrons. The van der Waals surface area contributed by atoms with E-state index in [1.54, 1.807) is 0 Å². The summed E-state index contributed by atoms with van der Waals surface area (Å²) in [5.41, 5.74) is 3.21. The normalized spacial score (nSPS) is 10.5. The fraction of sp³-hybridized carbons (Fsp3) is 0.273. The van der Waals surface area contributed by atoms with Crippen LogP contribution in [0.1, 0.15) is 23.1 Å². The molecule has 2 aromatic carbocycles. The molecule has 3 rings (SSSR count). The lowest BCUT2D eigenvalue weighted by atomic mass is 10.1. The Balaban J connectivity index is 1.40. The van der Waals surface area contributed by atoms with Gasteiger partial charge in [-0.15, -0.1) is 5.10 Å². The summed E-state index contributed by atoms with van der Waals surface area (Å²) in [7, 11) is 0. The minimum atomic E-state index is -0.258. The second kappa shape index (κ2) is 10.2. The van der Waals surface area contributed by atoms with Gasteiger partial charge in [0.1, 0.15) is 18.6 Å². The second-order valence-corrected chi connectivity index (χ2v) is 6.87. The maximum absolute atomic E-state index is 12.1. The Hall–Kier alpha value is -3.68. The van der Waals surface area contributed by atoms with E-state index in [0.29, 0.717) is 6.54 Å². The molecule has 2 amide bonds. The molecule has 0 unspecified atom stereocenters. The third-order valence-electron chi connectivity index (χ3n) is 4.57. The highest BCUT2D eigenvalue weighted by Gasteiger charge is 2.10. The zero-order chi connectivity index (χ0) is 21.3. The molecule has 1 heterocycles. The zero-order valence-corrected chi connectivity index (χ0v) is 17.1. The van der Waals surface area contributed by atoms with Crippen LogP contribution in [-0.4, -0.2) is 33.2 Å². The number of nitrogens with zero attached hydrogens (tertiary/aromatic N) is 3. The predicted molar refractivity (Wildman–Crippen MR) is 113 cm³/mol. The van der Waals surface area contributed by atoms with Gasteiger partial charge < -0.3 is 10.1 Å². The number of hydrogen-bond donors (Lipinski definition) is 2. The molecule has 0 bridgehead atoms. The first kappa shape index (κ1) is 21.0. The second-order valence-electron chi connectivity index (χ2n) is 6.87. The lowest BCUT2D eigenvalue weighted by molar-refractivity contribution is -0.122. The molecule has 0 fully saturated rings. The van der Waals surface area contributed by atoms with Crippen molar-refractivity contribution >= 4 is 17.8 Å². The summed E-state index contributed by atoms with van der Waals surface area (Å²) < 4.78 is 7.06. The average Bonchev–Trinajstić information content (AvgIpc) is 3.17. The van der Waals surface area contributed by atoms with Gasteiger partial charge in [-0.25, -0.2) is 9.67 Å². The molecular formula is C22H25N5O3. The van der Waals surface area contributed by atoms with Gasteiger partial charge in [-0.1, -0.05) is 42.5 Å². The number of aryl methyl sites for hydroxylation is 1. The van der Waals surface area contributed by atoms with Crippen LogP contribution in [0.15, 0.2) is 54.9 Å². The van der Waals surface area contributed by atoms with Crippen molar-refractivity contribution in [3.8, 4) is 5.75 Å². The molecule has 2 N–H and O–H groups in total. The maximum Gasteiger partial charge on any atom is 0.248 e. The van der Waals surface area contributed by atoms with Crippen LogP contribution in [0.2, 0.25) is 0 Å². The first-order chi connectivity index (χ1) is 14.5. The van der Waals surface area contributed by atoms with Gasteiger partial charge in [0.05, 0.1) is 13.0 Å². The first-order valence-electron chi connectivity index (χ1n) is 9.70. The highest BCUT2D eigenvalue weighted by Crippen LogP contribution is 2.20. The molecule has 8 nitrogen and oxygen atoms in total. The van der Waals surface area contributed by atoms with E-state index in [2.05, 4.69) is 20.7 Å². The van der Waals surface area contributed by atoms with E-state index < -0.39 is 0 Å². The van der Waals surface area contributed by atoms with Crippen molar-refractivity contribution in [2.24, 2.45) is 0 Å².